The van der Waals surface area contributed by atoms with Gasteiger partial charge >= 0.3 is 0 Å². The number of aromatic nitrogens is 2. The van der Waals surface area contributed by atoms with Gasteiger partial charge in [-0.3, -0.25) is 0 Å². The number of ether oxygens (including phenoxy) is 1. The predicted molar refractivity (Wildman–Crippen MR) is 85.5 cm³/mol. The third kappa shape index (κ3) is 2.61. The molecule has 0 amide bonds. The third-order valence-corrected chi connectivity index (χ3v) is 4.62. The number of fused-ring (bicyclic) bond motifs is 1. The van der Waals surface area contributed by atoms with E-state index in [-0.39, 0.29) is 5.28 Å². The molecule has 3 aromatic rings. The van der Waals surface area contributed by atoms with Crippen molar-refractivity contribution in [2.45, 2.75) is 11.8 Å². The number of hydrogen-bond acceptors (Lipinski definition) is 5. The molecule has 0 saturated carbocycles. The lowest BCUT2D eigenvalue weighted by molar-refractivity contribution is 0.457. The van der Waals surface area contributed by atoms with Crippen LogP contribution in [0.25, 0.3) is 10.2 Å². The summed E-state index contributed by atoms with van der Waals surface area (Å²) in [6, 6.07) is 9.88. The van der Waals surface area contributed by atoms with Gasteiger partial charge in [0.2, 0.25) is 11.2 Å². The molecule has 102 valence electrons. The fraction of sp³-hybridized carbons (Fsp3) is 0.143. The first-order valence-electron chi connectivity index (χ1n) is 5.92. The van der Waals surface area contributed by atoms with Gasteiger partial charge in [0.25, 0.3) is 0 Å². The van der Waals surface area contributed by atoms with E-state index in [1.54, 1.807) is 23.1 Å². The van der Waals surface area contributed by atoms with Crippen LogP contribution in [0, 0.1) is 6.92 Å². The van der Waals surface area contributed by atoms with Crippen molar-refractivity contribution in [1.29, 1.82) is 0 Å². The van der Waals surface area contributed by atoms with E-state index in [4.69, 9.17) is 16.3 Å². The number of hydrogen-bond donors (Lipinski definition) is 0. The van der Waals surface area contributed by atoms with Crippen LogP contribution >= 0.6 is 34.7 Å². The molecule has 0 radical (unpaired) electrons. The highest BCUT2D eigenvalue weighted by molar-refractivity contribution is 7.98. The maximum absolute atomic E-state index is 5.97. The van der Waals surface area contributed by atoms with E-state index < -0.39 is 0 Å². The van der Waals surface area contributed by atoms with Gasteiger partial charge in [-0.2, -0.15) is 4.98 Å². The lowest BCUT2D eigenvalue weighted by Crippen LogP contribution is -1.92. The van der Waals surface area contributed by atoms with Crippen LogP contribution in [0.1, 0.15) is 4.88 Å². The molecule has 0 aliphatic carbocycles. The molecule has 0 aliphatic heterocycles. The van der Waals surface area contributed by atoms with E-state index >= 15 is 0 Å². The molecule has 0 saturated heterocycles. The minimum Gasteiger partial charge on any atom is -0.437 e. The van der Waals surface area contributed by atoms with Crippen LogP contribution in [0.4, 0.5) is 0 Å². The Morgan fingerprint density at radius 2 is 2.05 bits per heavy atom. The van der Waals surface area contributed by atoms with Crippen LogP contribution in [-0.2, 0) is 0 Å². The Morgan fingerprint density at radius 3 is 2.85 bits per heavy atom. The second kappa shape index (κ2) is 5.60. The SMILES string of the molecule is CSc1ccccc1Oc1nc(Cl)nc2sc(C)cc12. The molecular weight excluding hydrogens is 312 g/mol. The van der Waals surface area contributed by atoms with Crippen LogP contribution in [0.15, 0.2) is 35.2 Å². The van der Waals surface area contributed by atoms with Crippen LogP contribution in [0.5, 0.6) is 11.6 Å². The summed E-state index contributed by atoms with van der Waals surface area (Å²) in [5.74, 6) is 1.28. The summed E-state index contributed by atoms with van der Waals surface area (Å²) in [5, 5.41) is 1.10. The Kier molecular flexibility index (Phi) is 3.83. The molecular formula is C14H11ClN2OS2. The largest absolute Gasteiger partial charge is 0.437 e. The second-order valence-corrected chi connectivity index (χ2v) is 6.55. The number of thioether (sulfide) groups is 1. The first-order valence-corrected chi connectivity index (χ1v) is 8.34. The molecule has 1 aromatic carbocycles. The normalized spacial score (nSPS) is 10.9. The molecule has 0 N–H and O–H groups in total. The molecule has 20 heavy (non-hydrogen) atoms. The summed E-state index contributed by atoms with van der Waals surface area (Å²) in [6.07, 6.45) is 2.01. The monoisotopic (exact) mass is 322 g/mol. The summed E-state index contributed by atoms with van der Waals surface area (Å²) < 4.78 is 5.96. The minimum atomic E-state index is 0.205. The van der Waals surface area contributed by atoms with Gasteiger partial charge in [-0.15, -0.1) is 23.1 Å². The number of nitrogens with zero attached hydrogens (tertiary/aromatic N) is 2. The zero-order valence-corrected chi connectivity index (χ0v) is 13.3. The summed E-state index contributed by atoms with van der Waals surface area (Å²) in [4.78, 5) is 11.5. The molecule has 3 rings (SSSR count). The Balaban J connectivity index is 2.10. The Bertz CT molecular complexity index is 773. The van der Waals surface area contributed by atoms with E-state index in [1.165, 1.54) is 0 Å². The molecule has 2 aromatic heterocycles. The lowest BCUT2D eigenvalue weighted by Gasteiger charge is -2.09. The number of benzene rings is 1. The lowest BCUT2D eigenvalue weighted by atomic mass is 10.3. The molecule has 0 unspecified atom stereocenters. The van der Waals surface area contributed by atoms with Crippen molar-refractivity contribution in [3.8, 4) is 11.6 Å². The van der Waals surface area contributed by atoms with Crippen LogP contribution in [0.3, 0.4) is 0 Å². The summed E-state index contributed by atoms with van der Waals surface area (Å²) >= 11 is 9.18. The smallest absolute Gasteiger partial charge is 0.232 e. The van der Waals surface area contributed by atoms with Gasteiger partial charge in [-0.25, -0.2) is 4.98 Å². The minimum absolute atomic E-state index is 0.205. The van der Waals surface area contributed by atoms with Gasteiger partial charge in [0.05, 0.1) is 5.39 Å². The van der Waals surface area contributed by atoms with Gasteiger partial charge < -0.3 is 4.74 Å². The van der Waals surface area contributed by atoms with E-state index in [0.29, 0.717) is 5.88 Å². The fourth-order valence-electron chi connectivity index (χ4n) is 1.88. The van der Waals surface area contributed by atoms with Gasteiger partial charge in [-0.05, 0) is 43.0 Å². The van der Waals surface area contributed by atoms with Crippen LogP contribution in [-0.4, -0.2) is 16.2 Å². The molecule has 0 bridgehead atoms. The summed E-state index contributed by atoms with van der Waals surface area (Å²) in [7, 11) is 0. The number of halogens is 1. The Hall–Kier alpha value is -1.30. The first-order chi connectivity index (χ1) is 9.67. The average Bonchev–Trinajstić information content (AvgIpc) is 2.79. The molecule has 0 atom stereocenters. The summed E-state index contributed by atoms with van der Waals surface area (Å²) in [5.41, 5.74) is 0. The average molecular weight is 323 g/mol. The van der Waals surface area contributed by atoms with Crippen molar-refractivity contribution in [3.63, 3.8) is 0 Å². The highest BCUT2D eigenvalue weighted by Gasteiger charge is 2.13. The molecule has 0 spiro atoms. The molecule has 0 fully saturated rings. The fourth-order valence-corrected chi connectivity index (χ4v) is 3.48. The molecule has 2 heterocycles. The Morgan fingerprint density at radius 1 is 1.25 bits per heavy atom. The molecule has 0 aliphatic rings. The van der Waals surface area contributed by atoms with E-state index in [9.17, 15) is 0 Å². The van der Waals surface area contributed by atoms with Crippen molar-refractivity contribution in [2.75, 3.05) is 6.26 Å². The van der Waals surface area contributed by atoms with Crippen molar-refractivity contribution in [3.05, 3.63) is 40.5 Å². The maximum Gasteiger partial charge on any atom is 0.232 e. The molecule has 6 heteroatoms. The van der Waals surface area contributed by atoms with Gasteiger partial charge in [0.15, 0.2) is 0 Å². The van der Waals surface area contributed by atoms with E-state index in [1.807, 2.05) is 43.5 Å². The first kappa shape index (κ1) is 13.7. The van der Waals surface area contributed by atoms with Crippen molar-refractivity contribution in [1.82, 2.24) is 9.97 Å². The van der Waals surface area contributed by atoms with Crippen LogP contribution in [0.2, 0.25) is 5.28 Å². The van der Waals surface area contributed by atoms with Gasteiger partial charge in [-0.1, -0.05) is 12.1 Å². The van der Waals surface area contributed by atoms with Gasteiger partial charge in [0.1, 0.15) is 10.6 Å². The van der Waals surface area contributed by atoms with Crippen molar-refractivity contribution >= 4 is 44.9 Å². The molecule has 3 nitrogen and oxygen atoms in total. The third-order valence-electron chi connectivity index (χ3n) is 2.73. The highest BCUT2D eigenvalue weighted by Crippen LogP contribution is 2.36. The van der Waals surface area contributed by atoms with Crippen LogP contribution < -0.4 is 4.74 Å². The zero-order valence-electron chi connectivity index (χ0n) is 10.9. The number of aryl methyl sites for hydroxylation is 1. The predicted octanol–water partition coefficient (Wildman–Crippen LogP) is 5.17. The van der Waals surface area contributed by atoms with Crippen molar-refractivity contribution < 1.29 is 4.74 Å². The topological polar surface area (TPSA) is 35.0 Å². The standard InChI is InChI=1S/C14H11ClN2OS2/c1-8-7-9-12(16-14(15)17-13(9)20-8)18-10-5-3-4-6-11(10)19-2/h3-7H,1-2H3. The quantitative estimate of drug-likeness (QED) is 0.492. The van der Waals surface area contributed by atoms with E-state index in [0.717, 1.165) is 25.7 Å². The second-order valence-electron chi connectivity index (χ2n) is 4.13. The van der Waals surface area contributed by atoms with Gasteiger partial charge in [0, 0.05) is 9.77 Å². The maximum atomic E-state index is 5.97. The summed E-state index contributed by atoms with van der Waals surface area (Å²) in [6.45, 7) is 2.03. The van der Waals surface area contributed by atoms with E-state index in [2.05, 4.69) is 9.97 Å². The highest BCUT2D eigenvalue weighted by atomic mass is 35.5. The number of thiophene rings is 1. The zero-order chi connectivity index (χ0) is 14.1. The number of rotatable bonds is 3. The Labute approximate surface area is 130 Å². The van der Waals surface area contributed by atoms with Crippen molar-refractivity contribution in [2.24, 2.45) is 0 Å². The number of para-hydroxylation sites is 1.